The van der Waals surface area contributed by atoms with E-state index in [1.54, 1.807) is 0 Å². The van der Waals surface area contributed by atoms with Crippen molar-refractivity contribution in [3.05, 3.63) is 96.1 Å². The lowest BCUT2D eigenvalue weighted by molar-refractivity contribution is 0.0972. The largest absolute Gasteiger partial charge is 0.368 e. The normalized spacial score (nSPS) is 14.4. The number of carbonyl (C=O) groups is 1. The molecule has 5 nitrogen and oxygen atoms in total. The Hall–Kier alpha value is -3.60. The first-order valence-corrected chi connectivity index (χ1v) is 10.8. The van der Waals surface area contributed by atoms with Gasteiger partial charge in [0.05, 0.1) is 5.69 Å². The molecule has 0 atom stereocenters. The number of aryl methyl sites for hydroxylation is 1. The highest BCUT2D eigenvalue weighted by atomic mass is 16.1. The monoisotopic (exact) mass is 412 g/mol. The van der Waals surface area contributed by atoms with Crippen LogP contribution in [-0.4, -0.2) is 42.9 Å². The summed E-state index contributed by atoms with van der Waals surface area (Å²) in [4.78, 5) is 22.2. The molecule has 158 valence electrons. The molecule has 31 heavy (non-hydrogen) atoms. The van der Waals surface area contributed by atoms with Crippen molar-refractivity contribution in [2.24, 2.45) is 4.99 Å². The lowest BCUT2D eigenvalue weighted by atomic mass is 10.1. The van der Waals surface area contributed by atoms with E-state index in [-0.39, 0.29) is 5.91 Å². The van der Waals surface area contributed by atoms with Crippen LogP contribution in [-0.2, 0) is 6.42 Å². The third-order valence-corrected chi connectivity index (χ3v) is 5.52. The maximum Gasteiger partial charge on any atom is 0.257 e. The Morgan fingerprint density at radius 1 is 0.871 bits per heavy atom. The summed E-state index contributed by atoms with van der Waals surface area (Å²) in [6, 6.07) is 27.9. The summed E-state index contributed by atoms with van der Waals surface area (Å²) in [5.74, 6) is 0.464. The van der Waals surface area contributed by atoms with E-state index >= 15 is 0 Å². The number of para-hydroxylation sites is 1. The molecule has 3 aromatic carbocycles. The van der Waals surface area contributed by atoms with Crippen LogP contribution in [0.1, 0.15) is 22.8 Å². The minimum atomic E-state index is -0.142. The van der Waals surface area contributed by atoms with Gasteiger partial charge in [0.15, 0.2) is 0 Å². The van der Waals surface area contributed by atoms with Crippen LogP contribution in [0.2, 0.25) is 0 Å². The first-order chi connectivity index (χ1) is 15.2. The van der Waals surface area contributed by atoms with Crippen LogP contribution in [0.25, 0.3) is 0 Å². The summed E-state index contributed by atoms with van der Waals surface area (Å²) < 4.78 is 0. The van der Waals surface area contributed by atoms with Crippen LogP contribution in [0.5, 0.6) is 0 Å². The topological polar surface area (TPSA) is 47.9 Å². The Morgan fingerprint density at radius 2 is 1.55 bits per heavy atom. The number of piperazine rings is 1. The van der Waals surface area contributed by atoms with Gasteiger partial charge in [0.2, 0.25) is 5.96 Å². The lowest BCUT2D eigenvalue weighted by Gasteiger charge is -2.37. The van der Waals surface area contributed by atoms with E-state index in [0.29, 0.717) is 11.5 Å². The highest BCUT2D eigenvalue weighted by Gasteiger charge is 2.22. The minimum absolute atomic E-state index is 0.142. The molecular formula is C26H28N4O. The maximum absolute atomic E-state index is 12.9. The molecule has 5 heteroatoms. The number of nitrogens with one attached hydrogen (secondary N) is 1. The van der Waals surface area contributed by atoms with Crippen molar-refractivity contribution in [3.63, 3.8) is 0 Å². The number of hydrogen-bond donors (Lipinski definition) is 1. The van der Waals surface area contributed by atoms with Crippen LogP contribution < -0.4 is 10.2 Å². The van der Waals surface area contributed by atoms with Crippen LogP contribution in [0.15, 0.2) is 89.9 Å². The van der Waals surface area contributed by atoms with Crippen molar-refractivity contribution >= 4 is 23.2 Å². The van der Waals surface area contributed by atoms with Crippen molar-refractivity contribution in [1.29, 1.82) is 0 Å². The molecule has 0 unspecified atom stereocenters. The first-order valence-electron chi connectivity index (χ1n) is 10.8. The van der Waals surface area contributed by atoms with Gasteiger partial charge in [0.25, 0.3) is 5.91 Å². The van der Waals surface area contributed by atoms with Gasteiger partial charge in [-0.3, -0.25) is 10.1 Å². The summed E-state index contributed by atoms with van der Waals surface area (Å²) in [6.45, 7) is 5.45. The van der Waals surface area contributed by atoms with Gasteiger partial charge in [-0.05, 0) is 48.4 Å². The Balaban J connectivity index is 1.55. The molecule has 0 radical (unpaired) electrons. The molecule has 0 saturated carbocycles. The van der Waals surface area contributed by atoms with Crippen LogP contribution in [0.3, 0.4) is 0 Å². The molecule has 0 aromatic heterocycles. The number of rotatable bonds is 4. The molecule has 0 bridgehead atoms. The van der Waals surface area contributed by atoms with Gasteiger partial charge in [0, 0.05) is 37.4 Å². The second-order valence-corrected chi connectivity index (χ2v) is 7.59. The highest BCUT2D eigenvalue weighted by Crippen LogP contribution is 2.18. The fourth-order valence-corrected chi connectivity index (χ4v) is 3.72. The van der Waals surface area contributed by atoms with E-state index in [1.807, 2.05) is 48.5 Å². The summed E-state index contributed by atoms with van der Waals surface area (Å²) in [7, 11) is 0. The molecular weight excluding hydrogens is 384 g/mol. The molecule has 1 saturated heterocycles. The second-order valence-electron chi connectivity index (χ2n) is 7.59. The van der Waals surface area contributed by atoms with Crippen molar-refractivity contribution in [3.8, 4) is 0 Å². The lowest BCUT2D eigenvalue weighted by Crippen LogP contribution is -2.53. The van der Waals surface area contributed by atoms with Gasteiger partial charge in [-0.2, -0.15) is 0 Å². The van der Waals surface area contributed by atoms with Gasteiger partial charge in [-0.25, -0.2) is 4.99 Å². The molecule has 4 rings (SSSR count). The zero-order chi connectivity index (χ0) is 21.5. The van der Waals surface area contributed by atoms with Gasteiger partial charge < -0.3 is 9.80 Å². The third kappa shape index (κ3) is 5.31. The number of guanidine groups is 1. The van der Waals surface area contributed by atoms with E-state index in [1.165, 1.54) is 11.3 Å². The summed E-state index contributed by atoms with van der Waals surface area (Å²) in [6.07, 6.45) is 0.949. The number of benzene rings is 3. The molecule has 0 spiro atoms. The van der Waals surface area contributed by atoms with E-state index < -0.39 is 0 Å². The molecule has 1 fully saturated rings. The van der Waals surface area contributed by atoms with E-state index in [2.05, 4.69) is 58.4 Å². The quantitative estimate of drug-likeness (QED) is 0.507. The minimum Gasteiger partial charge on any atom is -0.368 e. The van der Waals surface area contributed by atoms with Gasteiger partial charge in [0.1, 0.15) is 0 Å². The van der Waals surface area contributed by atoms with Crippen molar-refractivity contribution in [1.82, 2.24) is 10.2 Å². The average molecular weight is 413 g/mol. The number of amides is 1. The number of aliphatic imine (C=N–C) groups is 1. The second kappa shape index (κ2) is 9.94. The van der Waals surface area contributed by atoms with E-state index in [9.17, 15) is 4.79 Å². The van der Waals surface area contributed by atoms with Gasteiger partial charge >= 0.3 is 0 Å². The molecule has 1 N–H and O–H groups in total. The smallest absolute Gasteiger partial charge is 0.257 e. The SMILES string of the molecule is CCc1cccc(N=C(NC(=O)c2ccccc2)N2CCN(c3ccccc3)CC2)c1. The Labute approximate surface area is 184 Å². The predicted octanol–water partition coefficient (Wildman–Crippen LogP) is 4.49. The molecule has 3 aromatic rings. The van der Waals surface area contributed by atoms with Crippen molar-refractivity contribution in [2.75, 3.05) is 31.1 Å². The summed E-state index contributed by atoms with van der Waals surface area (Å²) >= 11 is 0. The third-order valence-electron chi connectivity index (χ3n) is 5.52. The van der Waals surface area contributed by atoms with Crippen LogP contribution in [0.4, 0.5) is 11.4 Å². The van der Waals surface area contributed by atoms with E-state index in [0.717, 1.165) is 38.3 Å². The number of hydrogen-bond acceptors (Lipinski definition) is 3. The van der Waals surface area contributed by atoms with Crippen LogP contribution in [0, 0.1) is 0 Å². The standard InChI is InChI=1S/C26H28N4O/c1-2-21-10-9-13-23(20-21)27-26(28-25(31)22-11-5-3-6-12-22)30-18-16-29(17-19-30)24-14-7-4-8-15-24/h3-15,20H,2,16-19H2,1H3,(H,27,28,31). The van der Waals surface area contributed by atoms with Crippen molar-refractivity contribution in [2.45, 2.75) is 13.3 Å². The highest BCUT2D eigenvalue weighted by molar-refractivity contribution is 6.06. The molecule has 1 heterocycles. The average Bonchev–Trinajstić information content (AvgIpc) is 2.85. The Bertz CT molecular complexity index is 1030. The number of carbonyl (C=O) groups excluding carboxylic acids is 1. The van der Waals surface area contributed by atoms with E-state index in [4.69, 9.17) is 4.99 Å². The fraction of sp³-hybridized carbons (Fsp3) is 0.231. The summed E-state index contributed by atoms with van der Waals surface area (Å²) in [5, 5.41) is 3.06. The zero-order valence-corrected chi connectivity index (χ0v) is 17.9. The fourth-order valence-electron chi connectivity index (χ4n) is 3.72. The van der Waals surface area contributed by atoms with Crippen LogP contribution >= 0.6 is 0 Å². The summed E-state index contributed by atoms with van der Waals surface area (Å²) in [5.41, 5.74) is 3.93. The Kier molecular flexibility index (Phi) is 6.62. The van der Waals surface area contributed by atoms with Gasteiger partial charge in [-0.1, -0.05) is 55.5 Å². The first kappa shape index (κ1) is 20.7. The number of nitrogens with zero attached hydrogens (tertiary/aromatic N) is 3. The molecule has 1 aliphatic rings. The molecule has 1 amide bonds. The zero-order valence-electron chi connectivity index (χ0n) is 17.9. The maximum atomic E-state index is 12.9. The number of anilines is 1. The van der Waals surface area contributed by atoms with Crippen molar-refractivity contribution < 1.29 is 4.79 Å². The van der Waals surface area contributed by atoms with Gasteiger partial charge in [-0.15, -0.1) is 0 Å². The predicted molar refractivity (Wildman–Crippen MR) is 127 cm³/mol. The molecule has 0 aliphatic carbocycles. The molecule has 1 aliphatic heterocycles. The Morgan fingerprint density at radius 3 is 2.23 bits per heavy atom.